The van der Waals surface area contributed by atoms with Gasteiger partial charge in [-0.05, 0) is 42.8 Å². The predicted molar refractivity (Wildman–Crippen MR) is 78.6 cm³/mol. The zero-order valence-electron chi connectivity index (χ0n) is 10.7. The van der Waals surface area contributed by atoms with Gasteiger partial charge < -0.3 is 11.1 Å². The zero-order chi connectivity index (χ0) is 14.5. The second kappa shape index (κ2) is 6.50. The van der Waals surface area contributed by atoms with Crippen LogP contribution in [-0.2, 0) is 6.42 Å². The number of carbonyl (C=O) groups is 1. The molecule has 0 unspecified atom stereocenters. The van der Waals surface area contributed by atoms with Crippen LogP contribution in [0.4, 0.5) is 10.1 Å². The van der Waals surface area contributed by atoms with Gasteiger partial charge in [0.25, 0.3) is 5.91 Å². The Labute approximate surface area is 121 Å². The summed E-state index contributed by atoms with van der Waals surface area (Å²) in [5.74, 6) is -0.807. The lowest BCUT2D eigenvalue weighted by molar-refractivity contribution is 0.102. The highest BCUT2D eigenvalue weighted by Crippen LogP contribution is 2.19. The fraction of sp³-hybridized carbons (Fsp3) is 0.133. The van der Waals surface area contributed by atoms with E-state index in [2.05, 4.69) is 5.32 Å². The molecule has 0 saturated carbocycles. The third-order valence-electron chi connectivity index (χ3n) is 2.80. The van der Waals surface area contributed by atoms with Crippen LogP contribution < -0.4 is 11.1 Å². The number of hydrogen-bond acceptors (Lipinski definition) is 2. The molecule has 0 bridgehead atoms. The first-order chi connectivity index (χ1) is 9.60. The summed E-state index contributed by atoms with van der Waals surface area (Å²) in [5.41, 5.74) is 7.23. The number of anilines is 1. The van der Waals surface area contributed by atoms with Crippen LogP contribution >= 0.6 is 11.6 Å². The highest BCUT2D eigenvalue weighted by Gasteiger charge is 2.11. The molecule has 2 aromatic carbocycles. The monoisotopic (exact) mass is 292 g/mol. The SMILES string of the molecule is NCCc1ccccc1C(=O)Nc1cc(F)cc(Cl)c1. The van der Waals surface area contributed by atoms with Gasteiger partial charge in [0.05, 0.1) is 0 Å². The Morgan fingerprint density at radius 1 is 1.25 bits per heavy atom. The molecule has 2 aromatic rings. The molecule has 0 heterocycles. The summed E-state index contributed by atoms with van der Waals surface area (Å²) in [6.45, 7) is 0.454. The summed E-state index contributed by atoms with van der Waals surface area (Å²) in [4.78, 5) is 12.2. The first-order valence-corrected chi connectivity index (χ1v) is 6.53. The molecule has 0 fully saturated rings. The topological polar surface area (TPSA) is 55.1 Å². The van der Waals surface area contributed by atoms with Gasteiger partial charge in [0.15, 0.2) is 0 Å². The summed E-state index contributed by atoms with van der Waals surface area (Å²) in [6, 6.07) is 11.1. The minimum Gasteiger partial charge on any atom is -0.330 e. The summed E-state index contributed by atoms with van der Waals surface area (Å²) >= 11 is 5.75. The maximum absolute atomic E-state index is 13.2. The number of benzene rings is 2. The van der Waals surface area contributed by atoms with E-state index in [1.807, 2.05) is 12.1 Å². The average molecular weight is 293 g/mol. The van der Waals surface area contributed by atoms with E-state index in [1.165, 1.54) is 18.2 Å². The molecule has 3 N–H and O–H groups in total. The Kier molecular flexibility index (Phi) is 4.71. The van der Waals surface area contributed by atoms with E-state index >= 15 is 0 Å². The van der Waals surface area contributed by atoms with Crippen LogP contribution in [0, 0.1) is 5.82 Å². The van der Waals surface area contributed by atoms with Gasteiger partial charge in [-0.15, -0.1) is 0 Å². The second-order valence-electron chi connectivity index (χ2n) is 4.31. The van der Waals surface area contributed by atoms with Crippen molar-refractivity contribution < 1.29 is 9.18 Å². The minimum atomic E-state index is -0.497. The first kappa shape index (κ1) is 14.5. The van der Waals surface area contributed by atoms with Gasteiger partial charge in [0.2, 0.25) is 0 Å². The Hall–Kier alpha value is -1.91. The molecule has 0 aliphatic carbocycles. The van der Waals surface area contributed by atoms with Gasteiger partial charge in [0, 0.05) is 16.3 Å². The summed E-state index contributed by atoms with van der Waals surface area (Å²) in [5, 5.41) is 2.87. The highest BCUT2D eigenvalue weighted by molar-refractivity contribution is 6.31. The quantitative estimate of drug-likeness (QED) is 0.909. The number of amides is 1. The molecule has 0 radical (unpaired) electrons. The molecule has 0 aliphatic rings. The normalized spacial score (nSPS) is 10.3. The summed E-state index contributed by atoms with van der Waals surface area (Å²) in [6.07, 6.45) is 0.605. The number of nitrogens with one attached hydrogen (secondary N) is 1. The van der Waals surface area contributed by atoms with Gasteiger partial charge in [-0.2, -0.15) is 0 Å². The Morgan fingerprint density at radius 2 is 2.00 bits per heavy atom. The van der Waals surface area contributed by atoms with Crippen LogP contribution in [0.15, 0.2) is 42.5 Å². The number of carbonyl (C=O) groups excluding carboxylic acids is 1. The summed E-state index contributed by atoms with van der Waals surface area (Å²) < 4.78 is 13.2. The van der Waals surface area contributed by atoms with E-state index < -0.39 is 5.82 Å². The zero-order valence-corrected chi connectivity index (χ0v) is 11.5. The predicted octanol–water partition coefficient (Wildman–Crippen LogP) is 3.23. The fourth-order valence-electron chi connectivity index (χ4n) is 1.94. The van der Waals surface area contributed by atoms with Crippen molar-refractivity contribution in [3.8, 4) is 0 Å². The number of nitrogens with two attached hydrogens (primary N) is 1. The lowest BCUT2D eigenvalue weighted by Crippen LogP contribution is -2.16. The van der Waals surface area contributed by atoms with E-state index in [4.69, 9.17) is 17.3 Å². The van der Waals surface area contributed by atoms with E-state index in [0.717, 1.165) is 5.56 Å². The molecular formula is C15H14ClFN2O. The van der Waals surface area contributed by atoms with Gasteiger partial charge in [-0.1, -0.05) is 29.8 Å². The van der Waals surface area contributed by atoms with Crippen molar-refractivity contribution >= 4 is 23.2 Å². The number of hydrogen-bond donors (Lipinski definition) is 2. The molecule has 1 amide bonds. The van der Waals surface area contributed by atoms with E-state index in [1.54, 1.807) is 12.1 Å². The maximum Gasteiger partial charge on any atom is 0.255 e. The first-order valence-electron chi connectivity index (χ1n) is 6.15. The lowest BCUT2D eigenvalue weighted by atomic mass is 10.0. The van der Waals surface area contributed by atoms with Crippen LogP contribution in [0.1, 0.15) is 15.9 Å². The molecule has 2 rings (SSSR count). The molecule has 3 nitrogen and oxygen atoms in total. The molecular weight excluding hydrogens is 279 g/mol. The second-order valence-corrected chi connectivity index (χ2v) is 4.74. The summed E-state index contributed by atoms with van der Waals surface area (Å²) in [7, 11) is 0. The average Bonchev–Trinajstić information content (AvgIpc) is 2.38. The van der Waals surface area contributed by atoms with Crippen molar-refractivity contribution in [1.29, 1.82) is 0 Å². The van der Waals surface area contributed by atoms with E-state index in [-0.39, 0.29) is 10.9 Å². The molecule has 20 heavy (non-hydrogen) atoms. The molecule has 5 heteroatoms. The fourth-order valence-corrected chi connectivity index (χ4v) is 2.16. The standard InChI is InChI=1S/C15H14ClFN2O/c16-11-7-12(17)9-13(8-11)19-15(20)14-4-2-1-3-10(14)5-6-18/h1-4,7-9H,5-6,18H2,(H,19,20). The van der Waals surface area contributed by atoms with Gasteiger partial charge in [-0.3, -0.25) is 4.79 Å². The smallest absolute Gasteiger partial charge is 0.255 e. The van der Waals surface area contributed by atoms with Crippen LogP contribution in [-0.4, -0.2) is 12.5 Å². The number of halogens is 2. The maximum atomic E-state index is 13.2. The number of rotatable bonds is 4. The molecule has 104 valence electrons. The van der Waals surface area contributed by atoms with Crippen LogP contribution in [0.25, 0.3) is 0 Å². The van der Waals surface area contributed by atoms with Gasteiger partial charge in [0.1, 0.15) is 5.82 Å². The van der Waals surface area contributed by atoms with Crippen molar-refractivity contribution in [2.24, 2.45) is 5.73 Å². The molecule has 0 atom stereocenters. The van der Waals surface area contributed by atoms with Crippen molar-refractivity contribution in [2.45, 2.75) is 6.42 Å². The van der Waals surface area contributed by atoms with Crippen LogP contribution in [0.3, 0.4) is 0 Å². The highest BCUT2D eigenvalue weighted by atomic mass is 35.5. The Morgan fingerprint density at radius 3 is 2.70 bits per heavy atom. The molecule has 0 aromatic heterocycles. The van der Waals surface area contributed by atoms with Crippen molar-refractivity contribution in [3.63, 3.8) is 0 Å². The van der Waals surface area contributed by atoms with Crippen molar-refractivity contribution in [2.75, 3.05) is 11.9 Å². The Bertz CT molecular complexity index is 611. The third kappa shape index (κ3) is 3.56. The van der Waals surface area contributed by atoms with E-state index in [0.29, 0.717) is 24.2 Å². The van der Waals surface area contributed by atoms with Crippen LogP contribution in [0.2, 0.25) is 5.02 Å². The lowest BCUT2D eigenvalue weighted by Gasteiger charge is -2.10. The van der Waals surface area contributed by atoms with Gasteiger partial charge >= 0.3 is 0 Å². The van der Waals surface area contributed by atoms with Crippen LogP contribution in [0.5, 0.6) is 0 Å². The van der Waals surface area contributed by atoms with E-state index in [9.17, 15) is 9.18 Å². The molecule has 0 spiro atoms. The van der Waals surface area contributed by atoms with Crippen molar-refractivity contribution in [3.05, 3.63) is 64.4 Å². The molecule has 0 aliphatic heterocycles. The van der Waals surface area contributed by atoms with Crippen molar-refractivity contribution in [1.82, 2.24) is 0 Å². The minimum absolute atomic E-state index is 0.232. The third-order valence-corrected chi connectivity index (χ3v) is 3.01. The molecule has 0 saturated heterocycles. The Balaban J connectivity index is 2.23. The van der Waals surface area contributed by atoms with Gasteiger partial charge in [-0.25, -0.2) is 4.39 Å². The largest absolute Gasteiger partial charge is 0.330 e.